The Kier molecular flexibility index (Phi) is 6.65. The van der Waals surface area contributed by atoms with Crippen molar-refractivity contribution < 1.29 is 27.5 Å². The van der Waals surface area contributed by atoms with E-state index in [0.29, 0.717) is 5.75 Å². The number of carbonyl (C=O) groups excluding carboxylic acids is 2. The highest BCUT2D eigenvalue weighted by molar-refractivity contribution is 7.89. The van der Waals surface area contributed by atoms with Crippen LogP contribution < -0.4 is 10.1 Å². The highest BCUT2D eigenvalue weighted by atomic mass is 35.5. The van der Waals surface area contributed by atoms with Crippen molar-refractivity contribution in [3.05, 3.63) is 52.5 Å². The quantitative estimate of drug-likeness (QED) is 0.712. The van der Waals surface area contributed by atoms with Crippen LogP contribution in [0.3, 0.4) is 0 Å². The summed E-state index contributed by atoms with van der Waals surface area (Å²) >= 11 is 6.08. The van der Waals surface area contributed by atoms with Gasteiger partial charge in [0.2, 0.25) is 10.0 Å². The van der Waals surface area contributed by atoms with Crippen LogP contribution in [-0.2, 0) is 14.8 Å². The zero-order chi connectivity index (χ0) is 21.1. The number of nitrogens with one attached hydrogen (secondary N) is 1. The fourth-order valence-corrected chi connectivity index (χ4v) is 3.41. The summed E-state index contributed by atoms with van der Waals surface area (Å²) in [5.74, 6) is -0.962. The van der Waals surface area contributed by atoms with E-state index in [1.54, 1.807) is 6.07 Å². The monoisotopic (exact) mass is 426 g/mol. The Morgan fingerprint density at radius 1 is 1.04 bits per heavy atom. The average molecular weight is 427 g/mol. The topological polar surface area (TPSA) is 102 Å². The molecule has 0 unspecified atom stereocenters. The SMILES string of the molecule is COC(=O)c1cc(OC)ccc1NC(=O)c1cc(S(=O)(=O)N(C)C)ccc1Cl. The summed E-state index contributed by atoms with van der Waals surface area (Å²) in [4.78, 5) is 24.6. The van der Waals surface area contributed by atoms with Crippen LogP contribution in [0.5, 0.6) is 5.75 Å². The Hall–Kier alpha value is -2.62. The first-order chi connectivity index (χ1) is 13.1. The molecule has 1 amide bonds. The van der Waals surface area contributed by atoms with Crippen molar-refractivity contribution >= 4 is 39.2 Å². The summed E-state index contributed by atoms with van der Waals surface area (Å²) in [6, 6.07) is 8.24. The molecule has 0 saturated carbocycles. The van der Waals surface area contributed by atoms with Gasteiger partial charge in [0.1, 0.15) is 5.75 Å². The molecule has 0 aliphatic heterocycles. The van der Waals surface area contributed by atoms with E-state index in [2.05, 4.69) is 5.32 Å². The molecule has 2 rings (SSSR count). The lowest BCUT2D eigenvalue weighted by Crippen LogP contribution is -2.23. The Labute approximate surface area is 168 Å². The average Bonchev–Trinajstić information content (AvgIpc) is 2.67. The smallest absolute Gasteiger partial charge is 0.340 e. The Morgan fingerprint density at radius 2 is 1.71 bits per heavy atom. The number of halogens is 1. The van der Waals surface area contributed by atoms with Crippen LogP contribution in [0.2, 0.25) is 5.02 Å². The second kappa shape index (κ2) is 8.59. The minimum absolute atomic E-state index is 0.0586. The maximum atomic E-state index is 12.7. The molecule has 10 heteroatoms. The van der Waals surface area contributed by atoms with E-state index < -0.39 is 21.9 Å². The third kappa shape index (κ3) is 4.44. The van der Waals surface area contributed by atoms with E-state index in [0.717, 1.165) is 4.31 Å². The van der Waals surface area contributed by atoms with Crippen molar-refractivity contribution in [2.45, 2.75) is 4.90 Å². The normalized spacial score (nSPS) is 11.2. The molecule has 0 fully saturated rings. The molecule has 1 N–H and O–H groups in total. The first-order valence-corrected chi connectivity index (χ1v) is 9.73. The van der Waals surface area contributed by atoms with E-state index >= 15 is 0 Å². The molecule has 0 aromatic heterocycles. The van der Waals surface area contributed by atoms with Crippen molar-refractivity contribution in [2.24, 2.45) is 0 Å². The molecule has 0 aliphatic carbocycles. The van der Waals surface area contributed by atoms with Crippen LogP contribution in [0.25, 0.3) is 0 Å². The number of hydrogen-bond donors (Lipinski definition) is 1. The molecule has 150 valence electrons. The predicted molar refractivity (Wildman–Crippen MR) is 105 cm³/mol. The summed E-state index contributed by atoms with van der Waals surface area (Å²) in [6.45, 7) is 0. The van der Waals surface area contributed by atoms with Crippen LogP contribution in [-0.4, -0.2) is 52.9 Å². The minimum Gasteiger partial charge on any atom is -0.497 e. The van der Waals surface area contributed by atoms with Gasteiger partial charge in [0.05, 0.1) is 41.0 Å². The van der Waals surface area contributed by atoms with E-state index in [-0.39, 0.29) is 26.7 Å². The van der Waals surface area contributed by atoms with Gasteiger partial charge in [-0.15, -0.1) is 0 Å². The Balaban J connectivity index is 2.45. The molecular weight excluding hydrogens is 408 g/mol. The van der Waals surface area contributed by atoms with E-state index in [4.69, 9.17) is 21.1 Å². The lowest BCUT2D eigenvalue weighted by molar-refractivity contribution is 0.0601. The Morgan fingerprint density at radius 3 is 2.29 bits per heavy atom. The molecule has 0 heterocycles. The summed E-state index contributed by atoms with van der Waals surface area (Å²) in [6.07, 6.45) is 0. The van der Waals surface area contributed by atoms with E-state index in [1.807, 2.05) is 0 Å². The molecule has 0 spiro atoms. The fourth-order valence-electron chi connectivity index (χ4n) is 2.28. The van der Waals surface area contributed by atoms with Crippen LogP contribution in [0.4, 0.5) is 5.69 Å². The molecule has 0 radical (unpaired) electrons. The summed E-state index contributed by atoms with van der Waals surface area (Å²) in [5.41, 5.74) is 0.175. The van der Waals surface area contributed by atoms with Crippen LogP contribution in [0.15, 0.2) is 41.3 Å². The van der Waals surface area contributed by atoms with E-state index in [9.17, 15) is 18.0 Å². The van der Waals surface area contributed by atoms with Gasteiger partial charge >= 0.3 is 5.97 Å². The molecular formula is C18H19ClN2O6S. The van der Waals surface area contributed by atoms with E-state index in [1.165, 1.54) is 58.6 Å². The summed E-state index contributed by atoms with van der Waals surface area (Å²) in [7, 11) is 1.65. The van der Waals surface area contributed by atoms with Gasteiger partial charge in [-0.2, -0.15) is 0 Å². The standard InChI is InChI=1S/C18H19ClN2O6S/c1-21(2)28(24,25)12-6-7-15(19)13(10-12)17(22)20-16-8-5-11(26-3)9-14(16)18(23)27-4/h5-10H,1-4H3,(H,20,22). The van der Waals surface area contributed by atoms with Gasteiger partial charge in [0.25, 0.3) is 5.91 Å². The van der Waals surface area contributed by atoms with Gasteiger partial charge in [-0.1, -0.05) is 11.6 Å². The third-order valence-electron chi connectivity index (χ3n) is 3.84. The highest BCUT2D eigenvalue weighted by Gasteiger charge is 2.22. The third-order valence-corrected chi connectivity index (χ3v) is 5.98. The zero-order valence-electron chi connectivity index (χ0n) is 15.6. The highest BCUT2D eigenvalue weighted by Crippen LogP contribution is 2.26. The lowest BCUT2D eigenvalue weighted by atomic mass is 10.1. The van der Waals surface area contributed by atoms with Gasteiger partial charge < -0.3 is 14.8 Å². The van der Waals surface area contributed by atoms with Crippen molar-refractivity contribution in [3.63, 3.8) is 0 Å². The number of ether oxygens (including phenoxy) is 2. The molecule has 0 aliphatic rings. The zero-order valence-corrected chi connectivity index (χ0v) is 17.2. The summed E-state index contributed by atoms with van der Waals surface area (Å²) < 4.78 is 35.4. The van der Waals surface area contributed by atoms with Gasteiger partial charge in [-0.3, -0.25) is 4.79 Å². The number of benzene rings is 2. The first-order valence-electron chi connectivity index (χ1n) is 7.91. The fraction of sp³-hybridized carbons (Fsp3) is 0.222. The molecule has 0 bridgehead atoms. The van der Waals surface area contributed by atoms with Crippen LogP contribution in [0.1, 0.15) is 20.7 Å². The van der Waals surface area contributed by atoms with Crippen molar-refractivity contribution in [3.8, 4) is 5.75 Å². The van der Waals surface area contributed by atoms with Crippen molar-refractivity contribution in [1.82, 2.24) is 4.31 Å². The van der Waals surface area contributed by atoms with Crippen LogP contribution >= 0.6 is 11.6 Å². The van der Waals surface area contributed by atoms with Gasteiger partial charge in [-0.05, 0) is 36.4 Å². The number of hydrogen-bond acceptors (Lipinski definition) is 6. The first kappa shape index (κ1) is 21.7. The lowest BCUT2D eigenvalue weighted by Gasteiger charge is -2.14. The van der Waals surface area contributed by atoms with Crippen molar-refractivity contribution in [1.29, 1.82) is 0 Å². The molecule has 2 aromatic carbocycles. The van der Waals surface area contributed by atoms with Crippen molar-refractivity contribution in [2.75, 3.05) is 33.6 Å². The number of sulfonamides is 1. The summed E-state index contributed by atoms with van der Waals surface area (Å²) in [5, 5.41) is 2.61. The second-order valence-electron chi connectivity index (χ2n) is 5.79. The number of esters is 1. The molecule has 0 saturated heterocycles. The number of nitrogens with zero attached hydrogens (tertiary/aromatic N) is 1. The Bertz CT molecular complexity index is 1020. The van der Waals surface area contributed by atoms with Crippen LogP contribution in [0, 0.1) is 0 Å². The maximum Gasteiger partial charge on any atom is 0.340 e. The molecule has 2 aromatic rings. The number of amides is 1. The number of anilines is 1. The largest absolute Gasteiger partial charge is 0.497 e. The molecule has 8 nitrogen and oxygen atoms in total. The number of methoxy groups -OCH3 is 2. The minimum atomic E-state index is -3.75. The second-order valence-corrected chi connectivity index (χ2v) is 8.35. The van der Waals surface area contributed by atoms with Gasteiger partial charge in [0, 0.05) is 14.1 Å². The van der Waals surface area contributed by atoms with Gasteiger partial charge in [0.15, 0.2) is 0 Å². The van der Waals surface area contributed by atoms with Gasteiger partial charge in [-0.25, -0.2) is 17.5 Å². The predicted octanol–water partition coefficient (Wildman–Crippen LogP) is 2.64. The molecule has 28 heavy (non-hydrogen) atoms. The number of carbonyl (C=O) groups is 2. The maximum absolute atomic E-state index is 12.7. The number of rotatable bonds is 6. The molecule has 0 atom stereocenters.